The second kappa shape index (κ2) is 8.00. The Balaban J connectivity index is 1.65. The Morgan fingerprint density at radius 1 is 0.478 bits per heavy atom. The highest BCUT2D eigenvalue weighted by Crippen LogP contribution is 2.32. The van der Waals surface area contributed by atoms with Crippen molar-refractivity contribution in [2.24, 2.45) is 0 Å². The zero-order valence-corrected chi connectivity index (χ0v) is 15.6. The summed E-state index contributed by atoms with van der Waals surface area (Å²) in [7, 11) is 0. The smallest absolute Gasteiger partial charge is 0.0123 e. The van der Waals surface area contributed by atoms with Gasteiger partial charge in [0.15, 0.2) is 0 Å². The third kappa shape index (κ3) is 4.84. The fourth-order valence-electron chi connectivity index (χ4n) is 2.10. The van der Waals surface area contributed by atoms with Crippen LogP contribution in [0.25, 0.3) is 0 Å². The average Bonchev–Trinajstić information content (AvgIpc) is 2.59. The molecule has 0 aliphatic heterocycles. The molecule has 0 unspecified atom stereocenters. The van der Waals surface area contributed by atoms with Crippen molar-refractivity contribution in [2.45, 2.75) is 31.4 Å². The van der Waals surface area contributed by atoms with Crippen molar-refractivity contribution in [1.29, 1.82) is 0 Å². The summed E-state index contributed by atoms with van der Waals surface area (Å²) in [6, 6.07) is 26.2. The molecule has 0 N–H and O–H groups in total. The molecule has 0 aliphatic carbocycles. The van der Waals surface area contributed by atoms with E-state index in [1.54, 1.807) is 35.3 Å². The van der Waals surface area contributed by atoms with Gasteiger partial charge in [0.2, 0.25) is 0 Å². The maximum absolute atomic E-state index is 2.20. The SMILES string of the molecule is CSc1ccc(Sc2ccc(Sc3ccc(C)cc3)cc2)cc1. The summed E-state index contributed by atoms with van der Waals surface area (Å²) in [6.07, 6.45) is 2.10. The standard InChI is InChI=1S/C20H18S3/c1-15-3-5-17(6-4-15)22-19-11-13-20(14-12-19)23-18-9-7-16(21-2)8-10-18/h3-14H,1-2H3. The lowest BCUT2D eigenvalue weighted by molar-refractivity contribution is 1.31. The molecule has 0 amide bonds. The third-order valence-corrected chi connectivity index (χ3v) is 6.15. The van der Waals surface area contributed by atoms with E-state index in [1.165, 1.54) is 30.0 Å². The van der Waals surface area contributed by atoms with E-state index < -0.39 is 0 Å². The molecule has 23 heavy (non-hydrogen) atoms. The zero-order valence-electron chi connectivity index (χ0n) is 13.2. The van der Waals surface area contributed by atoms with Gasteiger partial charge in [-0.2, -0.15) is 0 Å². The minimum absolute atomic E-state index is 1.27. The summed E-state index contributed by atoms with van der Waals surface area (Å²) in [6.45, 7) is 2.12. The molecule has 0 saturated carbocycles. The average molecular weight is 355 g/mol. The first kappa shape index (κ1) is 16.6. The number of hydrogen-bond acceptors (Lipinski definition) is 3. The quantitative estimate of drug-likeness (QED) is 0.452. The van der Waals surface area contributed by atoms with Crippen molar-refractivity contribution in [3.63, 3.8) is 0 Å². The minimum Gasteiger partial charge on any atom is -0.130 e. The Morgan fingerprint density at radius 3 is 1.13 bits per heavy atom. The highest BCUT2D eigenvalue weighted by Gasteiger charge is 2.01. The van der Waals surface area contributed by atoms with Crippen LogP contribution in [0.15, 0.2) is 97.3 Å². The van der Waals surface area contributed by atoms with Gasteiger partial charge in [0.25, 0.3) is 0 Å². The van der Waals surface area contributed by atoms with Crippen LogP contribution in [0.3, 0.4) is 0 Å². The fourth-order valence-corrected chi connectivity index (χ4v) is 4.14. The van der Waals surface area contributed by atoms with Gasteiger partial charge in [-0.15, -0.1) is 11.8 Å². The van der Waals surface area contributed by atoms with Crippen LogP contribution in [0.5, 0.6) is 0 Å². The molecular formula is C20H18S3. The van der Waals surface area contributed by atoms with Gasteiger partial charge < -0.3 is 0 Å². The van der Waals surface area contributed by atoms with E-state index in [0.29, 0.717) is 0 Å². The maximum atomic E-state index is 2.20. The Kier molecular flexibility index (Phi) is 5.76. The van der Waals surface area contributed by atoms with Gasteiger partial charge in [0.05, 0.1) is 0 Å². The number of thioether (sulfide) groups is 1. The van der Waals surface area contributed by atoms with Gasteiger partial charge in [-0.3, -0.25) is 0 Å². The summed E-state index contributed by atoms with van der Waals surface area (Å²) < 4.78 is 0. The first-order valence-electron chi connectivity index (χ1n) is 7.39. The van der Waals surface area contributed by atoms with Crippen LogP contribution >= 0.6 is 35.3 Å². The van der Waals surface area contributed by atoms with Gasteiger partial charge in [-0.25, -0.2) is 0 Å². The Labute approximate surface area is 151 Å². The van der Waals surface area contributed by atoms with E-state index in [1.807, 2.05) is 0 Å². The van der Waals surface area contributed by atoms with Crippen LogP contribution in [0.2, 0.25) is 0 Å². The molecule has 0 radical (unpaired) electrons. The van der Waals surface area contributed by atoms with Crippen LogP contribution in [-0.2, 0) is 0 Å². The van der Waals surface area contributed by atoms with Gasteiger partial charge in [-0.05, 0) is 73.8 Å². The molecule has 3 rings (SSSR count). The molecule has 116 valence electrons. The van der Waals surface area contributed by atoms with E-state index in [2.05, 4.69) is 86.0 Å². The van der Waals surface area contributed by atoms with Gasteiger partial charge in [-0.1, -0.05) is 41.2 Å². The number of benzene rings is 3. The zero-order chi connectivity index (χ0) is 16.1. The Morgan fingerprint density at radius 2 is 0.783 bits per heavy atom. The van der Waals surface area contributed by atoms with Crippen molar-refractivity contribution in [3.8, 4) is 0 Å². The van der Waals surface area contributed by atoms with Gasteiger partial charge in [0.1, 0.15) is 0 Å². The largest absolute Gasteiger partial charge is 0.130 e. The molecule has 3 heteroatoms. The molecule has 3 aromatic rings. The second-order valence-electron chi connectivity index (χ2n) is 5.16. The van der Waals surface area contributed by atoms with Crippen molar-refractivity contribution in [3.05, 3.63) is 78.4 Å². The molecule has 0 saturated heterocycles. The van der Waals surface area contributed by atoms with E-state index >= 15 is 0 Å². The molecule has 0 bridgehead atoms. The lowest BCUT2D eigenvalue weighted by Crippen LogP contribution is -1.77. The first-order chi connectivity index (χ1) is 11.2. The van der Waals surface area contributed by atoms with E-state index in [4.69, 9.17) is 0 Å². The summed E-state index contributed by atoms with van der Waals surface area (Å²) >= 11 is 5.38. The van der Waals surface area contributed by atoms with E-state index in [0.717, 1.165) is 0 Å². The highest BCUT2D eigenvalue weighted by molar-refractivity contribution is 8.00. The van der Waals surface area contributed by atoms with E-state index in [9.17, 15) is 0 Å². The predicted octanol–water partition coefficient (Wildman–Crippen LogP) is 7.02. The second-order valence-corrected chi connectivity index (χ2v) is 8.34. The van der Waals surface area contributed by atoms with Crippen LogP contribution < -0.4 is 0 Å². The topological polar surface area (TPSA) is 0 Å². The lowest BCUT2D eigenvalue weighted by atomic mass is 10.2. The van der Waals surface area contributed by atoms with Crippen LogP contribution in [0.4, 0.5) is 0 Å². The summed E-state index contributed by atoms with van der Waals surface area (Å²) in [4.78, 5) is 6.41. The number of hydrogen-bond donors (Lipinski definition) is 0. The predicted molar refractivity (Wildman–Crippen MR) is 104 cm³/mol. The molecule has 0 atom stereocenters. The Bertz CT molecular complexity index is 744. The van der Waals surface area contributed by atoms with Crippen molar-refractivity contribution in [2.75, 3.05) is 6.26 Å². The monoisotopic (exact) mass is 354 g/mol. The molecule has 0 fully saturated rings. The number of aryl methyl sites for hydroxylation is 1. The maximum Gasteiger partial charge on any atom is 0.0123 e. The lowest BCUT2D eigenvalue weighted by Gasteiger charge is -2.05. The fraction of sp³-hybridized carbons (Fsp3) is 0.100. The van der Waals surface area contributed by atoms with Crippen molar-refractivity contribution < 1.29 is 0 Å². The molecular weight excluding hydrogens is 336 g/mol. The summed E-state index contributed by atoms with van der Waals surface area (Å²) in [5.74, 6) is 0. The van der Waals surface area contributed by atoms with Crippen molar-refractivity contribution >= 4 is 35.3 Å². The molecule has 0 nitrogen and oxygen atoms in total. The summed E-state index contributed by atoms with van der Waals surface area (Å²) in [5.41, 5.74) is 1.30. The molecule has 0 spiro atoms. The van der Waals surface area contributed by atoms with Crippen LogP contribution in [0, 0.1) is 6.92 Å². The highest BCUT2D eigenvalue weighted by atomic mass is 32.2. The minimum atomic E-state index is 1.27. The van der Waals surface area contributed by atoms with E-state index in [-0.39, 0.29) is 0 Å². The van der Waals surface area contributed by atoms with Gasteiger partial charge >= 0.3 is 0 Å². The normalized spacial score (nSPS) is 10.7. The third-order valence-electron chi connectivity index (χ3n) is 3.38. The molecule has 0 heterocycles. The summed E-state index contributed by atoms with van der Waals surface area (Å²) in [5, 5.41) is 0. The molecule has 0 aromatic heterocycles. The van der Waals surface area contributed by atoms with Gasteiger partial charge in [0, 0.05) is 24.5 Å². The van der Waals surface area contributed by atoms with Crippen molar-refractivity contribution in [1.82, 2.24) is 0 Å². The van der Waals surface area contributed by atoms with Crippen LogP contribution in [-0.4, -0.2) is 6.26 Å². The first-order valence-corrected chi connectivity index (χ1v) is 10.3. The Hall–Kier alpha value is -1.29. The number of rotatable bonds is 5. The molecule has 0 aliphatic rings. The molecule has 3 aromatic carbocycles. The van der Waals surface area contributed by atoms with Crippen LogP contribution in [0.1, 0.15) is 5.56 Å².